The van der Waals surface area contributed by atoms with Gasteiger partial charge in [-0.1, -0.05) is 133 Å². The van der Waals surface area contributed by atoms with Crippen LogP contribution in [0.1, 0.15) is 0 Å². The highest BCUT2D eigenvalue weighted by Crippen LogP contribution is 2.49. The fourth-order valence-corrected chi connectivity index (χ4v) is 6.47. The molecule has 0 atom stereocenters. The van der Waals surface area contributed by atoms with Crippen LogP contribution in [0.3, 0.4) is 0 Å². The van der Waals surface area contributed by atoms with Gasteiger partial charge in [-0.25, -0.2) is 0 Å². The molecule has 0 fully saturated rings. The Bertz CT molecular complexity index is 2290. The van der Waals surface area contributed by atoms with Crippen molar-refractivity contribution in [3.8, 4) is 50.3 Å². The molecule has 4 nitrogen and oxygen atoms in total. The van der Waals surface area contributed by atoms with Crippen LogP contribution in [0.5, 0.6) is 5.75 Å². The molecular weight excluding hydrogens is 668 g/mol. The van der Waals surface area contributed by atoms with Gasteiger partial charge in [0.2, 0.25) is 0 Å². The van der Waals surface area contributed by atoms with Gasteiger partial charge in [-0.3, -0.25) is 0 Å². The largest absolute Gasteiger partial charge is 0.534 e. The maximum Gasteiger partial charge on any atom is 0.534 e. The van der Waals surface area contributed by atoms with E-state index < -0.39 is 21.4 Å². The summed E-state index contributed by atoms with van der Waals surface area (Å²) in [5.74, 6) is -0.457. The molecule has 0 aliphatic rings. The van der Waals surface area contributed by atoms with Crippen molar-refractivity contribution in [2.24, 2.45) is 0 Å². The number of halogens is 3. The molecule has 0 aromatic heterocycles. The highest BCUT2D eigenvalue weighted by atomic mass is 32.2. The lowest BCUT2D eigenvalue weighted by atomic mass is 9.89. The summed E-state index contributed by atoms with van der Waals surface area (Å²) in [6, 6.07) is 57.9. The minimum absolute atomic E-state index is 0.457. The fourth-order valence-electron chi connectivity index (χ4n) is 6.01. The van der Waals surface area contributed by atoms with E-state index in [1.165, 1.54) is 12.1 Å². The molecule has 0 saturated carbocycles. The zero-order valence-electron chi connectivity index (χ0n) is 27.0. The second kappa shape index (κ2) is 14.0. The number of hydrogen-bond donors (Lipinski definition) is 0. The van der Waals surface area contributed by atoms with Gasteiger partial charge in [0.1, 0.15) is 5.75 Å². The lowest BCUT2D eigenvalue weighted by Crippen LogP contribution is -2.28. The van der Waals surface area contributed by atoms with Crippen molar-refractivity contribution >= 4 is 27.2 Å². The van der Waals surface area contributed by atoms with E-state index in [4.69, 9.17) is 0 Å². The van der Waals surface area contributed by atoms with E-state index >= 15 is 0 Å². The first-order chi connectivity index (χ1) is 24.7. The average molecular weight is 698 g/mol. The number of nitrogens with zero attached hydrogens (tertiary/aromatic N) is 1. The molecule has 0 N–H and O–H groups in total. The summed E-state index contributed by atoms with van der Waals surface area (Å²) in [5.41, 5.74) is 4.39. The van der Waals surface area contributed by atoms with Crippen molar-refractivity contribution in [3.63, 3.8) is 0 Å². The van der Waals surface area contributed by atoms with Crippen molar-refractivity contribution in [2.45, 2.75) is 5.51 Å². The molecule has 7 rings (SSSR count). The van der Waals surface area contributed by atoms with Crippen LogP contribution >= 0.6 is 0 Å². The van der Waals surface area contributed by atoms with Crippen molar-refractivity contribution in [1.29, 1.82) is 0 Å². The van der Waals surface area contributed by atoms with E-state index in [1.54, 1.807) is 12.1 Å². The smallest absolute Gasteiger partial charge is 0.376 e. The fraction of sp³-hybridized carbons (Fsp3) is 0.0233. The van der Waals surface area contributed by atoms with Crippen LogP contribution in [-0.4, -0.2) is 13.9 Å². The number of alkyl halides is 3. The molecule has 0 saturated heterocycles. The highest BCUT2D eigenvalue weighted by Gasteiger charge is 2.48. The van der Waals surface area contributed by atoms with Crippen LogP contribution < -0.4 is 9.08 Å². The summed E-state index contributed by atoms with van der Waals surface area (Å²) in [4.78, 5) is 2.04. The van der Waals surface area contributed by atoms with Gasteiger partial charge in [0.15, 0.2) is 0 Å². The van der Waals surface area contributed by atoms with Crippen molar-refractivity contribution in [3.05, 3.63) is 182 Å². The van der Waals surface area contributed by atoms with Gasteiger partial charge in [-0.05, 0) is 81.9 Å². The molecule has 252 valence electrons. The Morgan fingerprint density at radius 2 is 0.784 bits per heavy atom. The predicted molar refractivity (Wildman–Crippen MR) is 198 cm³/mol. The number of anilines is 3. The quantitative estimate of drug-likeness (QED) is 0.111. The van der Waals surface area contributed by atoms with Gasteiger partial charge in [-0.15, -0.1) is 0 Å². The monoisotopic (exact) mass is 697 g/mol. The van der Waals surface area contributed by atoms with Gasteiger partial charge in [-0.2, -0.15) is 21.6 Å². The Hall–Kier alpha value is -6.12. The molecule has 0 heterocycles. The SMILES string of the molecule is O=S(=O)(Oc1ccc(N(c2ccc(-c3ccccc3)cc2)c2c(-c3ccccc3)cc(-c3ccccc3)cc2-c2ccccc2)cc1)C(F)(F)F. The minimum Gasteiger partial charge on any atom is -0.376 e. The van der Waals surface area contributed by atoms with E-state index in [0.717, 1.165) is 55.9 Å². The molecule has 7 aromatic rings. The van der Waals surface area contributed by atoms with Gasteiger partial charge >= 0.3 is 15.6 Å². The lowest BCUT2D eigenvalue weighted by molar-refractivity contribution is -0.0500. The van der Waals surface area contributed by atoms with Crippen LogP contribution in [0.4, 0.5) is 30.2 Å². The lowest BCUT2D eigenvalue weighted by Gasteiger charge is -2.31. The minimum atomic E-state index is -5.85. The normalized spacial score (nSPS) is 11.6. The summed E-state index contributed by atoms with van der Waals surface area (Å²) in [5, 5.41) is 0. The Morgan fingerprint density at radius 1 is 0.431 bits per heavy atom. The van der Waals surface area contributed by atoms with E-state index in [1.807, 2.05) is 138 Å². The maximum atomic E-state index is 13.2. The Labute approximate surface area is 294 Å². The third-order valence-electron chi connectivity index (χ3n) is 8.43. The maximum absolute atomic E-state index is 13.2. The van der Waals surface area contributed by atoms with Crippen molar-refractivity contribution < 1.29 is 25.8 Å². The topological polar surface area (TPSA) is 46.6 Å². The molecule has 7 aromatic carbocycles. The first kappa shape index (κ1) is 33.4. The van der Waals surface area contributed by atoms with Gasteiger partial charge in [0, 0.05) is 22.5 Å². The molecule has 0 spiro atoms. The second-order valence-electron chi connectivity index (χ2n) is 11.7. The number of hydrogen-bond acceptors (Lipinski definition) is 4. The van der Waals surface area contributed by atoms with Gasteiger partial charge in [0.25, 0.3) is 0 Å². The van der Waals surface area contributed by atoms with Crippen LogP contribution in [0.15, 0.2) is 182 Å². The average Bonchev–Trinajstić information content (AvgIpc) is 3.16. The van der Waals surface area contributed by atoms with Crippen molar-refractivity contribution in [2.75, 3.05) is 4.90 Å². The molecule has 8 heteroatoms. The van der Waals surface area contributed by atoms with Crippen LogP contribution in [-0.2, 0) is 10.1 Å². The molecule has 0 bridgehead atoms. The van der Waals surface area contributed by atoms with E-state index in [2.05, 4.69) is 28.4 Å². The molecule has 0 unspecified atom stereocenters. The van der Waals surface area contributed by atoms with Crippen LogP contribution in [0.2, 0.25) is 0 Å². The third-order valence-corrected chi connectivity index (χ3v) is 9.41. The van der Waals surface area contributed by atoms with Gasteiger partial charge in [0.05, 0.1) is 5.69 Å². The number of rotatable bonds is 9. The first-order valence-corrected chi connectivity index (χ1v) is 17.5. The molecule has 51 heavy (non-hydrogen) atoms. The Morgan fingerprint density at radius 3 is 1.20 bits per heavy atom. The molecule has 0 aliphatic heterocycles. The molecule has 0 amide bonds. The first-order valence-electron chi connectivity index (χ1n) is 16.1. The summed E-state index contributed by atoms with van der Waals surface area (Å²) < 4.78 is 67.6. The molecule has 0 radical (unpaired) electrons. The third kappa shape index (κ3) is 7.13. The van der Waals surface area contributed by atoms with Crippen LogP contribution in [0.25, 0.3) is 44.5 Å². The molecule has 0 aliphatic carbocycles. The zero-order valence-corrected chi connectivity index (χ0v) is 27.9. The van der Waals surface area contributed by atoms with E-state index in [0.29, 0.717) is 5.69 Å². The van der Waals surface area contributed by atoms with E-state index in [9.17, 15) is 21.6 Å². The molecular formula is C43H30F3NO3S. The summed E-state index contributed by atoms with van der Waals surface area (Å²) in [6.07, 6.45) is 0. The van der Waals surface area contributed by atoms with Gasteiger partial charge < -0.3 is 9.08 Å². The number of benzene rings is 7. The summed E-state index contributed by atoms with van der Waals surface area (Å²) in [7, 11) is -5.85. The standard InChI is InChI=1S/C43H30F3NO3S/c44-43(45,46)51(48,49)50-39-27-25-38(26-28-39)47(37-23-21-33(22-24-37)31-13-5-1-6-14-31)42-40(34-17-9-3-10-18-34)29-36(32-15-7-2-8-16-32)30-41(42)35-19-11-4-12-20-35/h1-30H. The Kier molecular flexibility index (Phi) is 9.17. The zero-order chi connectivity index (χ0) is 35.4. The van der Waals surface area contributed by atoms with Crippen LogP contribution in [0, 0.1) is 0 Å². The highest BCUT2D eigenvalue weighted by molar-refractivity contribution is 7.88. The second-order valence-corrected chi connectivity index (χ2v) is 13.3. The Balaban J connectivity index is 1.49. The summed E-state index contributed by atoms with van der Waals surface area (Å²) >= 11 is 0. The van der Waals surface area contributed by atoms with E-state index in [-0.39, 0.29) is 0 Å². The van der Waals surface area contributed by atoms with Crippen molar-refractivity contribution in [1.82, 2.24) is 0 Å². The summed E-state index contributed by atoms with van der Waals surface area (Å²) in [6.45, 7) is 0. The predicted octanol–water partition coefficient (Wildman–Crippen LogP) is 12.1.